The second kappa shape index (κ2) is 7.86. The molecule has 0 fully saturated rings. The Morgan fingerprint density at radius 2 is 1.55 bits per heavy atom. The molecule has 5 nitrogen and oxygen atoms in total. The van der Waals surface area contributed by atoms with Gasteiger partial charge in [-0.1, -0.05) is 54.6 Å². The van der Waals surface area contributed by atoms with Gasteiger partial charge in [0.2, 0.25) is 0 Å². The molecule has 2 N–H and O–H groups in total. The molecule has 0 bridgehead atoms. The molecule has 0 unspecified atom stereocenters. The Bertz CT molecular complexity index is 1180. The van der Waals surface area contributed by atoms with Crippen molar-refractivity contribution in [1.29, 1.82) is 0 Å². The van der Waals surface area contributed by atoms with Gasteiger partial charge in [0.05, 0.1) is 11.3 Å². The Kier molecular flexibility index (Phi) is 4.95. The third-order valence-electron chi connectivity index (χ3n) is 4.57. The van der Waals surface area contributed by atoms with E-state index in [1.165, 1.54) is 6.07 Å². The number of furan rings is 1. The van der Waals surface area contributed by atoms with Crippen molar-refractivity contribution in [3.8, 4) is 22.5 Å². The molecule has 1 heterocycles. The van der Waals surface area contributed by atoms with Gasteiger partial charge in [0.25, 0.3) is 0 Å². The van der Waals surface area contributed by atoms with E-state index in [1.54, 1.807) is 24.3 Å². The maximum Gasteiger partial charge on any atom is 0.337 e. The Hall–Kier alpha value is -4.12. The standard InChI is InChI=1S/C24H17NO4/c26-15-17-13-14-22(29-17)19-10-6-11-20(24(27)28)23(19)25-21-12-5-4-9-18(21)16-7-2-1-3-8-16/h1-15,25H,(H,27,28). The van der Waals surface area contributed by atoms with Crippen molar-refractivity contribution >= 4 is 23.6 Å². The SMILES string of the molecule is O=Cc1ccc(-c2cccc(C(=O)O)c2Nc2ccccc2-c2ccccc2)o1. The number of para-hydroxylation sites is 2. The van der Waals surface area contributed by atoms with E-state index in [1.807, 2.05) is 54.6 Å². The summed E-state index contributed by atoms with van der Waals surface area (Å²) >= 11 is 0. The van der Waals surface area contributed by atoms with Crippen molar-refractivity contribution in [2.24, 2.45) is 0 Å². The van der Waals surface area contributed by atoms with E-state index in [-0.39, 0.29) is 11.3 Å². The van der Waals surface area contributed by atoms with Gasteiger partial charge in [-0.15, -0.1) is 0 Å². The molecule has 0 aliphatic carbocycles. The molecule has 0 saturated carbocycles. The number of anilines is 2. The van der Waals surface area contributed by atoms with Gasteiger partial charge in [-0.3, -0.25) is 4.79 Å². The average molecular weight is 383 g/mol. The second-order valence-electron chi connectivity index (χ2n) is 6.39. The van der Waals surface area contributed by atoms with E-state index in [9.17, 15) is 14.7 Å². The molecule has 4 rings (SSSR count). The number of aromatic carboxylic acids is 1. The minimum absolute atomic E-state index is 0.106. The summed E-state index contributed by atoms with van der Waals surface area (Å²) < 4.78 is 5.55. The minimum atomic E-state index is -1.06. The van der Waals surface area contributed by atoms with Crippen LogP contribution in [-0.2, 0) is 0 Å². The van der Waals surface area contributed by atoms with Gasteiger partial charge in [-0.05, 0) is 35.9 Å². The minimum Gasteiger partial charge on any atom is -0.478 e. The maximum absolute atomic E-state index is 11.9. The first-order valence-electron chi connectivity index (χ1n) is 9.00. The molecule has 0 aliphatic rings. The lowest BCUT2D eigenvalue weighted by Gasteiger charge is -2.17. The Morgan fingerprint density at radius 1 is 0.828 bits per heavy atom. The summed E-state index contributed by atoms with van der Waals surface area (Å²) in [6.07, 6.45) is 0.613. The number of carboxylic acid groups (broad SMARTS) is 1. The van der Waals surface area contributed by atoms with E-state index in [0.29, 0.717) is 23.3 Å². The van der Waals surface area contributed by atoms with Crippen LogP contribution >= 0.6 is 0 Å². The van der Waals surface area contributed by atoms with Crippen LogP contribution in [0, 0.1) is 0 Å². The molecule has 0 amide bonds. The number of carboxylic acids is 1. The van der Waals surface area contributed by atoms with E-state index in [0.717, 1.165) is 16.8 Å². The molecule has 4 aromatic rings. The number of carbonyl (C=O) groups is 2. The van der Waals surface area contributed by atoms with Gasteiger partial charge < -0.3 is 14.8 Å². The molecule has 0 atom stereocenters. The lowest BCUT2D eigenvalue weighted by Crippen LogP contribution is -2.05. The number of aldehydes is 1. The molecule has 5 heteroatoms. The molecule has 29 heavy (non-hydrogen) atoms. The fourth-order valence-corrected chi connectivity index (χ4v) is 3.23. The van der Waals surface area contributed by atoms with Gasteiger partial charge in [0.1, 0.15) is 5.76 Å². The largest absolute Gasteiger partial charge is 0.478 e. The zero-order valence-electron chi connectivity index (χ0n) is 15.3. The number of carbonyl (C=O) groups excluding carboxylic acids is 1. The van der Waals surface area contributed by atoms with Gasteiger partial charge >= 0.3 is 5.97 Å². The quantitative estimate of drug-likeness (QED) is 0.407. The summed E-state index contributed by atoms with van der Waals surface area (Å²) in [6, 6.07) is 25.7. The molecular formula is C24H17NO4. The van der Waals surface area contributed by atoms with Gasteiger partial charge in [-0.2, -0.15) is 0 Å². The number of hydrogen-bond acceptors (Lipinski definition) is 4. The lowest BCUT2D eigenvalue weighted by atomic mass is 10.0. The molecule has 1 aromatic heterocycles. The Balaban J connectivity index is 1.86. The van der Waals surface area contributed by atoms with Crippen molar-refractivity contribution in [1.82, 2.24) is 0 Å². The molecular weight excluding hydrogens is 366 g/mol. The third-order valence-corrected chi connectivity index (χ3v) is 4.57. The Morgan fingerprint density at radius 3 is 2.28 bits per heavy atom. The Labute approximate surface area is 167 Å². The highest BCUT2D eigenvalue weighted by Crippen LogP contribution is 2.37. The molecule has 0 radical (unpaired) electrons. The monoisotopic (exact) mass is 383 g/mol. The topological polar surface area (TPSA) is 79.5 Å². The fourth-order valence-electron chi connectivity index (χ4n) is 3.23. The van der Waals surface area contributed by atoms with Crippen LogP contribution in [0.1, 0.15) is 20.9 Å². The van der Waals surface area contributed by atoms with Crippen LogP contribution in [-0.4, -0.2) is 17.4 Å². The smallest absolute Gasteiger partial charge is 0.337 e. The second-order valence-corrected chi connectivity index (χ2v) is 6.39. The van der Waals surface area contributed by atoms with Crippen molar-refractivity contribution in [3.63, 3.8) is 0 Å². The van der Waals surface area contributed by atoms with Gasteiger partial charge in [-0.25, -0.2) is 4.79 Å². The van der Waals surface area contributed by atoms with Crippen LogP contribution in [0.2, 0.25) is 0 Å². The molecule has 0 spiro atoms. The van der Waals surface area contributed by atoms with Crippen molar-refractivity contribution in [3.05, 3.63) is 96.3 Å². The summed E-state index contributed by atoms with van der Waals surface area (Å²) in [5, 5.41) is 13.0. The normalized spacial score (nSPS) is 10.5. The average Bonchev–Trinajstić information content (AvgIpc) is 3.24. The van der Waals surface area contributed by atoms with Gasteiger partial charge in [0.15, 0.2) is 12.0 Å². The highest BCUT2D eigenvalue weighted by molar-refractivity contribution is 6.01. The fraction of sp³-hybridized carbons (Fsp3) is 0. The van der Waals surface area contributed by atoms with E-state index < -0.39 is 5.97 Å². The first-order chi connectivity index (χ1) is 14.2. The first-order valence-corrected chi connectivity index (χ1v) is 9.00. The van der Waals surface area contributed by atoms with Crippen LogP contribution in [0.3, 0.4) is 0 Å². The molecule has 0 aliphatic heterocycles. The number of nitrogens with one attached hydrogen (secondary N) is 1. The number of rotatable bonds is 6. The van der Waals surface area contributed by atoms with E-state index >= 15 is 0 Å². The summed E-state index contributed by atoms with van der Waals surface area (Å²) in [7, 11) is 0. The summed E-state index contributed by atoms with van der Waals surface area (Å²) in [5.41, 5.74) is 3.76. The number of benzene rings is 3. The van der Waals surface area contributed by atoms with Gasteiger partial charge in [0, 0.05) is 16.8 Å². The first kappa shape index (κ1) is 18.3. The summed E-state index contributed by atoms with van der Waals surface area (Å²) in [6.45, 7) is 0. The van der Waals surface area contributed by atoms with Crippen LogP contribution in [0.5, 0.6) is 0 Å². The third kappa shape index (κ3) is 3.66. The van der Waals surface area contributed by atoms with Crippen LogP contribution in [0.25, 0.3) is 22.5 Å². The van der Waals surface area contributed by atoms with Crippen LogP contribution < -0.4 is 5.32 Å². The van der Waals surface area contributed by atoms with E-state index in [2.05, 4.69) is 5.32 Å². The van der Waals surface area contributed by atoms with Crippen molar-refractivity contribution < 1.29 is 19.1 Å². The van der Waals surface area contributed by atoms with Crippen molar-refractivity contribution in [2.45, 2.75) is 0 Å². The zero-order valence-corrected chi connectivity index (χ0v) is 15.3. The lowest BCUT2D eigenvalue weighted by molar-refractivity contribution is 0.0698. The number of hydrogen-bond donors (Lipinski definition) is 2. The summed E-state index contributed by atoms with van der Waals surface area (Å²) in [5.74, 6) is -0.472. The summed E-state index contributed by atoms with van der Waals surface area (Å²) in [4.78, 5) is 22.9. The predicted molar refractivity (Wildman–Crippen MR) is 112 cm³/mol. The molecule has 3 aromatic carbocycles. The highest BCUT2D eigenvalue weighted by atomic mass is 16.4. The predicted octanol–water partition coefficient (Wildman–Crippen LogP) is 5.87. The van der Waals surface area contributed by atoms with E-state index in [4.69, 9.17) is 4.42 Å². The molecule has 0 saturated heterocycles. The zero-order chi connectivity index (χ0) is 20.2. The maximum atomic E-state index is 11.9. The van der Waals surface area contributed by atoms with Crippen molar-refractivity contribution in [2.75, 3.05) is 5.32 Å². The van der Waals surface area contributed by atoms with Crippen LogP contribution in [0.15, 0.2) is 89.3 Å². The highest BCUT2D eigenvalue weighted by Gasteiger charge is 2.19. The molecule has 142 valence electrons. The van der Waals surface area contributed by atoms with Crippen LogP contribution in [0.4, 0.5) is 11.4 Å².